The van der Waals surface area contributed by atoms with Gasteiger partial charge in [-0.15, -0.1) is 0 Å². The van der Waals surface area contributed by atoms with Crippen molar-refractivity contribution in [3.63, 3.8) is 0 Å². The smallest absolute Gasteiger partial charge is 0.303 e. The van der Waals surface area contributed by atoms with E-state index in [0.717, 1.165) is 44.9 Å². The van der Waals surface area contributed by atoms with E-state index in [4.69, 9.17) is 5.11 Å². The topological polar surface area (TPSA) is 57.5 Å². The highest BCUT2D eigenvalue weighted by Gasteiger charge is 2.01. The zero-order chi connectivity index (χ0) is 17.9. The van der Waals surface area contributed by atoms with E-state index < -0.39 is 5.97 Å². The second-order valence-corrected chi connectivity index (χ2v) is 6.97. The predicted molar refractivity (Wildman–Crippen MR) is 102 cm³/mol. The number of aliphatic carboxylic acids is 1. The SMILES string of the molecule is CCCCCCCC(O)C/C=C\CCCCCCCCCC(=O)O. The maximum atomic E-state index is 10.4. The molecule has 0 fully saturated rings. The minimum absolute atomic E-state index is 0.159. The maximum absolute atomic E-state index is 10.4. The number of aliphatic hydroxyl groups excluding tert-OH is 1. The van der Waals surface area contributed by atoms with Crippen molar-refractivity contribution in [2.45, 2.75) is 116 Å². The van der Waals surface area contributed by atoms with Crippen molar-refractivity contribution in [2.75, 3.05) is 0 Å². The van der Waals surface area contributed by atoms with Crippen molar-refractivity contribution >= 4 is 5.97 Å². The first-order chi connectivity index (χ1) is 11.7. The molecule has 1 atom stereocenters. The summed E-state index contributed by atoms with van der Waals surface area (Å²) < 4.78 is 0. The fourth-order valence-corrected chi connectivity index (χ4v) is 2.89. The van der Waals surface area contributed by atoms with Crippen LogP contribution >= 0.6 is 0 Å². The second-order valence-electron chi connectivity index (χ2n) is 6.97. The van der Waals surface area contributed by atoms with Gasteiger partial charge in [0, 0.05) is 6.42 Å². The van der Waals surface area contributed by atoms with Gasteiger partial charge in [-0.2, -0.15) is 0 Å². The van der Waals surface area contributed by atoms with Gasteiger partial charge < -0.3 is 10.2 Å². The zero-order valence-electron chi connectivity index (χ0n) is 15.8. The fraction of sp³-hybridized carbons (Fsp3) is 0.857. The number of allylic oxidation sites excluding steroid dienone is 1. The zero-order valence-corrected chi connectivity index (χ0v) is 15.8. The van der Waals surface area contributed by atoms with Crippen LogP contribution in [0.15, 0.2) is 12.2 Å². The molecule has 2 N–H and O–H groups in total. The summed E-state index contributed by atoms with van der Waals surface area (Å²) in [5, 5.41) is 18.4. The number of carboxylic acids is 1. The van der Waals surface area contributed by atoms with E-state index in [9.17, 15) is 9.90 Å². The summed E-state index contributed by atoms with van der Waals surface area (Å²) in [4.78, 5) is 10.4. The number of aliphatic hydroxyl groups is 1. The minimum Gasteiger partial charge on any atom is -0.481 e. The first-order valence-electron chi connectivity index (χ1n) is 10.2. The highest BCUT2D eigenvalue weighted by molar-refractivity contribution is 5.66. The number of carbonyl (C=O) groups is 1. The molecule has 1 unspecified atom stereocenters. The molecule has 0 aliphatic heterocycles. The third-order valence-electron chi connectivity index (χ3n) is 4.48. The largest absolute Gasteiger partial charge is 0.481 e. The van der Waals surface area contributed by atoms with Crippen molar-refractivity contribution in [3.8, 4) is 0 Å². The van der Waals surface area contributed by atoms with Crippen molar-refractivity contribution < 1.29 is 15.0 Å². The molecule has 0 aromatic heterocycles. The summed E-state index contributed by atoms with van der Waals surface area (Å²) >= 11 is 0. The van der Waals surface area contributed by atoms with Gasteiger partial charge in [0.15, 0.2) is 0 Å². The molecule has 142 valence electrons. The lowest BCUT2D eigenvalue weighted by Crippen LogP contribution is -2.04. The monoisotopic (exact) mass is 340 g/mol. The van der Waals surface area contributed by atoms with Crippen LogP contribution in [0.5, 0.6) is 0 Å². The van der Waals surface area contributed by atoms with Crippen LogP contribution in [0.3, 0.4) is 0 Å². The molecule has 0 rings (SSSR count). The second kappa shape index (κ2) is 18.5. The minimum atomic E-state index is -0.677. The van der Waals surface area contributed by atoms with Crippen LogP contribution in [0.4, 0.5) is 0 Å². The van der Waals surface area contributed by atoms with Crippen LogP contribution in [0.2, 0.25) is 0 Å². The van der Waals surface area contributed by atoms with Gasteiger partial charge in [0.2, 0.25) is 0 Å². The summed E-state index contributed by atoms with van der Waals surface area (Å²) in [6.45, 7) is 2.22. The molecule has 3 heteroatoms. The van der Waals surface area contributed by atoms with E-state index in [0.29, 0.717) is 6.42 Å². The van der Waals surface area contributed by atoms with E-state index in [1.165, 1.54) is 51.4 Å². The number of carboxylic acid groups (broad SMARTS) is 1. The van der Waals surface area contributed by atoms with Gasteiger partial charge in [0.25, 0.3) is 0 Å². The first kappa shape index (κ1) is 23.2. The molecule has 24 heavy (non-hydrogen) atoms. The Labute approximate surface area is 149 Å². The summed E-state index contributed by atoms with van der Waals surface area (Å²) in [7, 11) is 0. The molecule has 0 heterocycles. The van der Waals surface area contributed by atoms with E-state index >= 15 is 0 Å². The van der Waals surface area contributed by atoms with Gasteiger partial charge in [-0.05, 0) is 32.1 Å². The average Bonchev–Trinajstić information content (AvgIpc) is 2.55. The Balaban J connectivity index is 3.24. The fourth-order valence-electron chi connectivity index (χ4n) is 2.89. The number of hydrogen-bond donors (Lipinski definition) is 2. The number of hydrogen-bond acceptors (Lipinski definition) is 2. The molecule has 0 aliphatic rings. The first-order valence-corrected chi connectivity index (χ1v) is 10.2. The van der Waals surface area contributed by atoms with Gasteiger partial charge in [0.1, 0.15) is 0 Å². The van der Waals surface area contributed by atoms with Crippen molar-refractivity contribution in [2.24, 2.45) is 0 Å². The standard InChI is InChI=1S/C21H40O3/c1-2-3-4-11-14-17-20(22)18-15-12-9-7-5-6-8-10-13-16-19-21(23)24/h12,15,20,22H,2-11,13-14,16-19H2,1H3,(H,23,24)/b15-12-. The van der Waals surface area contributed by atoms with Crippen LogP contribution in [0, 0.1) is 0 Å². The highest BCUT2D eigenvalue weighted by Crippen LogP contribution is 2.11. The maximum Gasteiger partial charge on any atom is 0.303 e. The van der Waals surface area contributed by atoms with Crippen LogP contribution in [0.25, 0.3) is 0 Å². The van der Waals surface area contributed by atoms with Gasteiger partial charge in [0.05, 0.1) is 6.10 Å². The molecular weight excluding hydrogens is 300 g/mol. The molecule has 0 radical (unpaired) electrons. The van der Waals surface area contributed by atoms with Crippen LogP contribution < -0.4 is 0 Å². The Kier molecular flexibility index (Phi) is 17.9. The molecule has 0 amide bonds. The number of rotatable bonds is 18. The van der Waals surface area contributed by atoms with Crippen molar-refractivity contribution in [1.29, 1.82) is 0 Å². The quantitative estimate of drug-likeness (QED) is 0.229. The summed E-state index contributed by atoms with van der Waals surface area (Å²) in [6, 6.07) is 0. The lowest BCUT2D eigenvalue weighted by atomic mass is 10.1. The summed E-state index contributed by atoms with van der Waals surface area (Å²) in [6.07, 6.45) is 21.6. The van der Waals surface area contributed by atoms with Gasteiger partial charge >= 0.3 is 5.97 Å². The lowest BCUT2D eigenvalue weighted by molar-refractivity contribution is -0.137. The number of unbranched alkanes of at least 4 members (excludes halogenated alkanes) is 11. The van der Waals surface area contributed by atoms with Gasteiger partial charge in [-0.1, -0.05) is 83.3 Å². The van der Waals surface area contributed by atoms with E-state index in [1.807, 2.05) is 0 Å². The highest BCUT2D eigenvalue weighted by atomic mass is 16.4. The molecule has 0 aromatic rings. The molecule has 0 spiro atoms. The molecular formula is C21H40O3. The summed E-state index contributed by atoms with van der Waals surface area (Å²) in [5.41, 5.74) is 0. The molecule has 3 nitrogen and oxygen atoms in total. The van der Waals surface area contributed by atoms with Crippen molar-refractivity contribution in [1.82, 2.24) is 0 Å². The van der Waals surface area contributed by atoms with Gasteiger partial charge in [-0.3, -0.25) is 4.79 Å². The Morgan fingerprint density at radius 2 is 1.42 bits per heavy atom. The van der Waals surface area contributed by atoms with Crippen LogP contribution in [0.1, 0.15) is 110 Å². The Morgan fingerprint density at radius 1 is 0.833 bits per heavy atom. The molecule has 0 saturated carbocycles. The van der Waals surface area contributed by atoms with Crippen LogP contribution in [-0.2, 0) is 4.79 Å². The van der Waals surface area contributed by atoms with Gasteiger partial charge in [-0.25, -0.2) is 0 Å². The lowest BCUT2D eigenvalue weighted by Gasteiger charge is -2.07. The Bertz CT molecular complexity index is 299. The van der Waals surface area contributed by atoms with Crippen LogP contribution in [-0.4, -0.2) is 22.3 Å². The molecule has 0 aliphatic carbocycles. The molecule has 0 aromatic carbocycles. The van der Waals surface area contributed by atoms with E-state index in [-0.39, 0.29) is 6.10 Å². The van der Waals surface area contributed by atoms with E-state index in [1.54, 1.807) is 0 Å². The molecule has 0 saturated heterocycles. The Morgan fingerprint density at radius 3 is 2.08 bits per heavy atom. The summed E-state index contributed by atoms with van der Waals surface area (Å²) in [5.74, 6) is -0.677. The Hall–Kier alpha value is -0.830. The molecule has 0 bridgehead atoms. The van der Waals surface area contributed by atoms with Crippen molar-refractivity contribution in [3.05, 3.63) is 12.2 Å². The third kappa shape index (κ3) is 19.2. The predicted octanol–water partition coefficient (Wildman–Crippen LogP) is 6.25. The average molecular weight is 341 g/mol. The van der Waals surface area contributed by atoms with E-state index in [2.05, 4.69) is 19.1 Å². The third-order valence-corrected chi connectivity index (χ3v) is 4.48. The normalized spacial score (nSPS) is 12.8.